The number of hydrogen-bond donors (Lipinski definition) is 0. The average Bonchev–Trinajstić information content (AvgIpc) is 3.27. The van der Waals surface area contributed by atoms with Gasteiger partial charge in [-0.1, -0.05) is 164 Å². The molecule has 0 saturated carbocycles. The highest BCUT2D eigenvalue weighted by molar-refractivity contribution is 9.10. The molecule has 10 aromatic carbocycles. The van der Waals surface area contributed by atoms with E-state index in [1.54, 1.807) is 0 Å². The second-order valence-corrected chi connectivity index (χ2v) is 15.7. The van der Waals surface area contributed by atoms with Crippen molar-refractivity contribution in [2.24, 2.45) is 0 Å². The van der Waals surface area contributed by atoms with Crippen molar-refractivity contribution in [3.8, 4) is 33.6 Å². The lowest BCUT2D eigenvalue weighted by Crippen LogP contribution is -1.97. The van der Waals surface area contributed by atoms with E-state index in [0.717, 1.165) is 38.2 Å². The van der Waals surface area contributed by atoms with Crippen LogP contribution in [-0.2, 0) is 0 Å². The van der Waals surface area contributed by atoms with Gasteiger partial charge in [0.2, 0.25) is 0 Å². The molecule has 0 aliphatic heterocycles. The van der Waals surface area contributed by atoms with E-state index in [9.17, 15) is 0 Å². The SMILES string of the molecule is Brc1nc(-c2ccccn2)cc(-c2cccc3ccc4c5ccc6ccccc6c5ccc4c23)c1-c1cccc2ccc3c4ccc5ccccc5c4ccc3c12. The summed E-state index contributed by atoms with van der Waals surface area (Å²) >= 11 is 4.08. The van der Waals surface area contributed by atoms with Crippen LogP contribution in [0.1, 0.15) is 0 Å². The largest absolute Gasteiger partial charge is 0.255 e. The monoisotopic (exact) mass is 786 g/mol. The molecule has 0 unspecified atom stereocenters. The number of nitrogens with zero attached hydrogens (tertiary/aromatic N) is 2. The Morgan fingerprint density at radius 1 is 0.316 bits per heavy atom. The van der Waals surface area contributed by atoms with Crippen LogP contribution in [0.2, 0.25) is 0 Å². The van der Waals surface area contributed by atoms with Gasteiger partial charge in [0.15, 0.2) is 0 Å². The summed E-state index contributed by atoms with van der Waals surface area (Å²) < 4.78 is 0.783. The van der Waals surface area contributed by atoms with Crippen LogP contribution in [-0.4, -0.2) is 9.97 Å². The predicted octanol–water partition coefficient (Wildman–Crippen LogP) is 15.5. The van der Waals surface area contributed by atoms with Crippen molar-refractivity contribution in [2.75, 3.05) is 0 Å². The molecule has 2 nitrogen and oxygen atoms in total. The lowest BCUT2D eigenvalue weighted by atomic mass is 9.86. The summed E-state index contributed by atoms with van der Waals surface area (Å²) in [4.78, 5) is 10.00. The van der Waals surface area contributed by atoms with Crippen LogP contribution in [0.25, 0.3) is 120 Å². The van der Waals surface area contributed by atoms with Crippen LogP contribution >= 0.6 is 15.9 Å². The molecule has 0 radical (unpaired) electrons. The molecule has 12 aromatic rings. The second kappa shape index (κ2) is 12.5. The van der Waals surface area contributed by atoms with Crippen molar-refractivity contribution in [1.82, 2.24) is 9.97 Å². The first kappa shape index (κ1) is 32.3. The quantitative estimate of drug-likeness (QED) is 0.132. The fraction of sp³-hybridized carbons (Fsp3) is 0. The summed E-state index contributed by atoms with van der Waals surface area (Å²) in [7, 11) is 0. The van der Waals surface area contributed by atoms with Crippen LogP contribution in [0.3, 0.4) is 0 Å². The van der Waals surface area contributed by atoms with E-state index in [1.165, 1.54) is 86.2 Å². The summed E-state index contributed by atoms with van der Waals surface area (Å²) in [5.74, 6) is 0. The zero-order valence-electron chi connectivity index (χ0n) is 30.7. The highest BCUT2D eigenvalue weighted by Gasteiger charge is 2.22. The van der Waals surface area contributed by atoms with Crippen LogP contribution in [0, 0.1) is 0 Å². The van der Waals surface area contributed by atoms with Gasteiger partial charge in [0, 0.05) is 11.8 Å². The Kier molecular flexibility index (Phi) is 7.11. The van der Waals surface area contributed by atoms with Gasteiger partial charge in [-0.15, -0.1) is 0 Å². The van der Waals surface area contributed by atoms with E-state index >= 15 is 0 Å². The third-order valence-electron chi connectivity index (χ3n) is 12.0. The van der Waals surface area contributed by atoms with Crippen molar-refractivity contribution in [1.29, 1.82) is 0 Å². The minimum atomic E-state index is 0.783. The van der Waals surface area contributed by atoms with Gasteiger partial charge in [0.05, 0.1) is 11.4 Å². The number of aromatic nitrogens is 2. The van der Waals surface area contributed by atoms with Gasteiger partial charge in [-0.2, -0.15) is 0 Å². The van der Waals surface area contributed by atoms with E-state index in [-0.39, 0.29) is 0 Å². The Labute approximate surface area is 336 Å². The number of hydrogen-bond acceptors (Lipinski definition) is 2. The summed E-state index contributed by atoms with van der Waals surface area (Å²) in [5.41, 5.74) is 6.10. The van der Waals surface area contributed by atoms with Gasteiger partial charge in [-0.3, -0.25) is 4.98 Å². The molecule has 264 valence electrons. The molecule has 0 aliphatic carbocycles. The van der Waals surface area contributed by atoms with Crippen molar-refractivity contribution >= 4 is 102 Å². The molecular formula is C54H31BrN2. The Hall–Kier alpha value is -6.94. The zero-order chi connectivity index (χ0) is 37.6. The van der Waals surface area contributed by atoms with E-state index < -0.39 is 0 Å². The number of pyridine rings is 2. The fourth-order valence-corrected chi connectivity index (χ4v) is 10.1. The minimum Gasteiger partial charge on any atom is -0.255 e. The Morgan fingerprint density at radius 3 is 1.37 bits per heavy atom. The first-order valence-electron chi connectivity index (χ1n) is 19.3. The van der Waals surface area contributed by atoms with Crippen molar-refractivity contribution in [2.45, 2.75) is 0 Å². The normalized spacial score (nSPS) is 11.9. The molecule has 0 bridgehead atoms. The van der Waals surface area contributed by atoms with Crippen molar-refractivity contribution in [3.05, 3.63) is 193 Å². The highest BCUT2D eigenvalue weighted by atomic mass is 79.9. The number of halogens is 1. The van der Waals surface area contributed by atoms with Crippen LogP contribution in [0.15, 0.2) is 193 Å². The molecule has 0 N–H and O–H groups in total. The Balaban J connectivity index is 1.19. The molecule has 0 atom stereocenters. The molecule has 2 aromatic heterocycles. The third kappa shape index (κ3) is 4.89. The molecule has 0 aliphatic rings. The van der Waals surface area contributed by atoms with E-state index in [4.69, 9.17) is 9.97 Å². The lowest BCUT2D eigenvalue weighted by Gasteiger charge is -2.20. The molecule has 0 saturated heterocycles. The van der Waals surface area contributed by atoms with Gasteiger partial charge in [-0.25, -0.2) is 4.98 Å². The highest BCUT2D eigenvalue weighted by Crippen LogP contribution is 2.47. The van der Waals surface area contributed by atoms with Crippen molar-refractivity contribution < 1.29 is 0 Å². The van der Waals surface area contributed by atoms with E-state index in [2.05, 4.69) is 180 Å². The van der Waals surface area contributed by atoms with Gasteiger partial charge < -0.3 is 0 Å². The first-order chi connectivity index (χ1) is 28.2. The Morgan fingerprint density at radius 2 is 0.772 bits per heavy atom. The lowest BCUT2D eigenvalue weighted by molar-refractivity contribution is 1.23. The maximum Gasteiger partial charge on any atom is 0.115 e. The van der Waals surface area contributed by atoms with Crippen LogP contribution in [0.5, 0.6) is 0 Å². The molecule has 0 fully saturated rings. The topological polar surface area (TPSA) is 25.8 Å². The summed E-state index contributed by atoms with van der Waals surface area (Å²) in [6.07, 6.45) is 1.84. The molecule has 3 heteroatoms. The summed E-state index contributed by atoms with van der Waals surface area (Å²) in [5, 5.41) is 19.9. The minimum absolute atomic E-state index is 0.783. The number of benzene rings is 10. The molecule has 0 spiro atoms. The van der Waals surface area contributed by atoms with E-state index in [0.29, 0.717) is 0 Å². The van der Waals surface area contributed by atoms with Crippen molar-refractivity contribution in [3.63, 3.8) is 0 Å². The summed E-state index contributed by atoms with van der Waals surface area (Å²) in [6, 6.07) is 66.4. The maximum absolute atomic E-state index is 5.24. The standard InChI is InChI=1S/C54H31BrN2/c55-54-53(47-16-8-12-35-21-25-43-41-23-19-33-10-2-4-14-37(33)39(41)27-29-46(43)52(35)47)48(31-50(57-54)49-17-5-6-30-56-49)44-15-7-11-34-20-24-42-40-22-18-32-9-1-3-13-36(32)38(40)26-28-45(42)51(34)44/h1-31H. The van der Waals surface area contributed by atoms with E-state index in [1.807, 2.05) is 24.4 Å². The van der Waals surface area contributed by atoms with Crippen LogP contribution < -0.4 is 0 Å². The fourth-order valence-electron chi connectivity index (χ4n) is 9.44. The average molecular weight is 788 g/mol. The third-order valence-corrected chi connectivity index (χ3v) is 12.6. The van der Waals surface area contributed by atoms with Gasteiger partial charge in [0.1, 0.15) is 4.60 Å². The van der Waals surface area contributed by atoms with Gasteiger partial charge in [-0.05, 0) is 137 Å². The van der Waals surface area contributed by atoms with Gasteiger partial charge in [0.25, 0.3) is 0 Å². The molecule has 57 heavy (non-hydrogen) atoms. The van der Waals surface area contributed by atoms with Gasteiger partial charge >= 0.3 is 0 Å². The summed E-state index contributed by atoms with van der Waals surface area (Å²) in [6.45, 7) is 0. The smallest absolute Gasteiger partial charge is 0.115 e. The molecule has 12 rings (SSSR count). The second-order valence-electron chi connectivity index (χ2n) is 15.0. The molecule has 2 heterocycles. The Bertz CT molecular complexity index is 3650. The molecule has 0 amide bonds. The predicted molar refractivity (Wildman–Crippen MR) is 246 cm³/mol. The zero-order valence-corrected chi connectivity index (χ0v) is 32.3. The van der Waals surface area contributed by atoms with Crippen LogP contribution in [0.4, 0.5) is 0 Å². The number of fused-ring (bicyclic) bond motifs is 14. The number of rotatable bonds is 3. The maximum atomic E-state index is 5.24. The first-order valence-corrected chi connectivity index (χ1v) is 20.1. The molecular weight excluding hydrogens is 757 g/mol.